The second-order valence-electron chi connectivity index (χ2n) is 4.42. The van der Waals surface area contributed by atoms with E-state index in [0.29, 0.717) is 19.5 Å². The molecule has 0 spiro atoms. The van der Waals surface area contributed by atoms with Crippen LogP contribution in [0.4, 0.5) is 9.59 Å². The molecule has 2 amide bonds. The van der Waals surface area contributed by atoms with Gasteiger partial charge in [0.25, 0.3) is 0 Å². The van der Waals surface area contributed by atoms with Crippen LogP contribution in [0.5, 0.6) is 0 Å². The molecular formula is C13H16N2O4. The van der Waals surface area contributed by atoms with E-state index < -0.39 is 12.2 Å². The summed E-state index contributed by atoms with van der Waals surface area (Å²) in [6.07, 6.45) is -0.852. The van der Waals surface area contributed by atoms with Crippen molar-refractivity contribution in [1.82, 2.24) is 10.2 Å². The normalized spacial score (nSPS) is 18.1. The Balaban J connectivity index is 1.72. The molecule has 1 heterocycles. The van der Waals surface area contributed by atoms with Gasteiger partial charge in [-0.2, -0.15) is 0 Å². The van der Waals surface area contributed by atoms with Gasteiger partial charge in [-0.3, -0.25) is 0 Å². The summed E-state index contributed by atoms with van der Waals surface area (Å²) in [5.74, 6) is 0. The Morgan fingerprint density at radius 1 is 1.37 bits per heavy atom. The van der Waals surface area contributed by atoms with Crippen LogP contribution in [0, 0.1) is 0 Å². The number of amides is 2. The minimum Gasteiger partial charge on any atom is -0.465 e. The third kappa shape index (κ3) is 3.87. The Kier molecular flexibility index (Phi) is 4.22. The number of carboxylic acid groups (broad SMARTS) is 1. The predicted octanol–water partition coefficient (Wildman–Crippen LogP) is 1.67. The van der Waals surface area contributed by atoms with Crippen molar-refractivity contribution in [3.05, 3.63) is 35.9 Å². The predicted molar refractivity (Wildman–Crippen MR) is 67.8 cm³/mol. The number of hydrogen-bond acceptors (Lipinski definition) is 3. The molecule has 0 aliphatic carbocycles. The van der Waals surface area contributed by atoms with Gasteiger partial charge in [-0.1, -0.05) is 30.3 Å². The average Bonchev–Trinajstić information content (AvgIpc) is 2.86. The summed E-state index contributed by atoms with van der Waals surface area (Å²) in [6, 6.07) is 9.21. The fourth-order valence-electron chi connectivity index (χ4n) is 1.98. The lowest BCUT2D eigenvalue weighted by Gasteiger charge is -2.14. The lowest BCUT2D eigenvalue weighted by molar-refractivity contribution is 0.134. The van der Waals surface area contributed by atoms with Crippen molar-refractivity contribution in [2.24, 2.45) is 0 Å². The first-order valence-electron chi connectivity index (χ1n) is 6.10. The van der Waals surface area contributed by atoms with Gasteiger partial charge in [-0.15, -0.1) is 0 Å². The van der Waals surface area contributed by atoms with Gasteiger partial charge in [-0.25, -0.2) is 9.59 Å². The van der Waals surface area contributed by atoms with Crippen LogP contribution < -0.4 is 5.32 Å². The molecule has 0 aromatic heterocycles. The van der Waals surface area contributed by atoms with E-state index in [-0.39, 0.29) is 12.6 Å². The van der Waals surface area contributed by atoms with Crippen molar-refractivity contribution in [3.8, 4) is 0 Å². The van der Waals surface area contributed by atoms with Crippen LogP contribution >= 0.6 is 0 Å². The first-order chi connectivity index (χ1) is 9.15. The number of ether oxygens (including phenoxy) is 1. The first-order valence-corrected chi connectivity index (χ1v) is 6.10. The second-order valence-corrected chi connectivity index (χ2v) is 4.42. The molecular weight excluding hydrogens is 248 g/mol. The zero-order valence-electron chi connectivity index (χ0n) is 10.4. The third-order valence-corrected chi connectivity index (χ3v) is 2.99. The molecule has 1 aromatic carbocycles. The Bertz CT molecular complexity index is 449. The van der Waals surface area contributed by atoms with E-state index in [0.717, 1.165) is 5.56 Å². The van der Waals surface area contributed by atoms with Crippen LogP contribution in [-0.4, -0.2) is 41.3 Å². The summed E-state index contributed by atoms with van der Waals surface area (Å²) in [7, 11) is 0. The van der Waals surface area contributed by atoms with Gasteiger partial charge in [-0.05, 0) is 12.0 Å². The lowest BCUT2D eigenvalue weighted by Crippen LogP contribution is -2.38. The maximum absolute atomic E-state index is 11.5. The number of carbonyl (C=O) groups excluding carboxylic acids is 1. The molecule has 1 aliphatic rings. The zero-order chi connectivity index (χ0) is 13.7. The van der Waals surface area contributed by atoms with Crippen molar-refractivity contribution in [2.75, 3.05) is 13.1 Å². The Labute approximate surface area is 111 Å². The van der Waals surface area contributed by atoms with E-state index in [4.69, 9.17) is 9.84 Å². The van der Waals surface area contributed by atoms with Crippen molar-refractivity contribution < 1.29 is 19.4 Å². The number of carbonyl (C=O) groups is 2. The maximum Gasteiger partial charge on any atom is 0.407 e. The number of rotatable bonds is 3. The van der Waals surface area contributed by atoms with Crippen LogP contribution in [0.25, 0.3) is 0 Å². The van der Waals surface area contributed by atoms with E-state index >= 15 is 0 Å². The quantitative estimate of drug-likeness (QED) is 0.870. The number of benzene rings is 1. The molecule has 0 saturated carbocycles. The molecule has 1 saturated heterocycles. The van der Waals surface area contributed by atoms with Crippen LogP contribution in [-0.2, 0) is 11.3 Å². The maximum atomic E-state index is 11.5. The Morgan fingerprint density at radius 2 is 2.11 bits per heavy atom. The second kappa shape index (κ2) is 6.08. The summed E-state index contributed by atoms with van der Waals surface area (Å²) in [5.41, 5.74) is 0.913. The Hall–Kier alpha value is -2.24. The highest BCUT2D eigenvalue weighted by atomic mass is 16.5. The van der Waals surface area contributed by atoms with Gasteiger partial charge in [0, 0.05) is 13.1 Å². The van der Waals surface area contributed by atoms with Gasteiger partial charge in [0.05, 0.1) is 6.04 Å². The number of nitrogens with zero attached hydrogens (tertiary/aromatic N) is 1. The molecule has 6 nitrogen and oxygen atoms in total. The highest BCUT2D eigenvalue weighted by Crippen LogP contribution is 2.09. The smallest absolute Gasteiger partial charge is 0.407 e. The number of alkyl carbamates (subject to hydrolysis) is 1. The van der Waals surface area contributed by atoms with Gasteiger partial charge < -0.3 is 20.1 Å². The molecule has 1 aliphatic heterocycles. The number of nitrogens with one attached hydrogen (secondary N) is 1. The molecule has 1 unspecified atom stereocenters. The Morgan fingerprint density at radius 3 is 2.74 bits per heavy atom. The van der Waals surface area contributed by atoms with E-state index in [9.17, 15) is 9.59 Å². The molecule has 1 aromatic rings. The molecule has 0 radical (unpaired) electrons. The van der Waals surface area contributed by atoms with Gasteiger partial charge in [0.2, 0.25) is 0 Å². The highest BCUT2D eigenvalue weighted by Gasteiger charge is 2.27. The number of hydrogen-bond donors (Lipinski definition) is 2. The van der Waals surface area contributed by atoms with E-state index in [1.165, 1.54) is 4.90 Å². The zero-order valence-corrected chi connectivity index (χ0v) is 10.4. The minimum atomic E-state index is -0.957. The van der Waals surface area contributed by atoms with E-state index in [1.807, 2.05) is 30.3 Å². The largest absolute Gasteiger partial charge is 0.465 e. The summed E-state index contributed by atoms with van der Waals surface area (Å²) in [6.45, 7) is 0.969. The van der Waals surface area contributed by atoms with E-state index in [1.54, 1.807) is 0 Å². The van der Waals surface area contributed by atoms with Crippen LogP contribution in [0.1, 0.15) is 12.0 Å². The molecule has 19 heavy (non-hydrogen) atoms. The van der Waals surface area contributed by atoms with Crippen LogP contribution in [0.2, 0.25) is 0 Å². The first kappa shape index (κ1) is 13.2. The SMILES string of the molecule is O=C(NC1CCN(C(=O)O)C1)OCc1ccccc1. The summed E-state index contributed by atoms with van der Waals surface area (Å²) < 4.78 is 5.07. The van der Waals surface area contributed by atoms with Gasteiger partial charge >= 0.3 is 12.2 Å². The molecule has 6 heteroatoms. The summed E-state index contributed by atoms with van der Waals surface area (Å²) >= 11 is 0. The van der Waals surface area contributed by atoms with E-state index in [2.05, 4.69) is 5.32 Å². The minimum absolute atomic E-state index is 0.167. The summed E-state index contributed by atoms with van der Waals surface area (Å²) in [5, 5.41) is 11.5. The molecule has 102 valence electrons. The van der Waals surface area contributed by atoms with Crippen LogP contribution in [0.15, 0.2) is 30.3 Å². The van der Waals surface area contributed by atoms with Crippen LogP contribution in [0.3, 0.4) is 0 Å². The molecule has 2 rings (SSSR count). The fraction of sp³-hybridized carbons (Fsp3) is 0.385. The standard InChI is InChI=1S/C13H16N2O4/c16-12(19-9-10-4-2-1-3-5-10)14-11-6-7-15(8-11)13(17)18/h1-5,11H,6-9H2,(H,14,16)(H,17,18). The monoisotopic (exact) mass is 264 g/mol. The average molecular weight is 264 g/mol. The topological polar surface area (TPSA) is 78.9 Å². The number of likely N-dealkylation sites (tertiary alicyclic amines) is 1. The van der Waals surface area contributed by atoms with Gasteiger partial charge in [0.15, 0.2) is 0 Å². The van der Waals surface area contributed by atoms with Gasteiger partial charge in [0.1, 0.15) is 6.61 Å². The van der Waals surface area contributed by atoms with Crippen molar-refractivity contribution in [3.63, 3.8) is 0 Å². The molecule has 0 bridgehead atoms. The summed E-state index contributed by atoms with van der Waals surface area (Å²) in [4.78, 5) is 23.6. The molecule has 1 atom stereocenters. The third-order valence-electron chi connectivity index (χ3n) is 2.99. The highest BCUT2D eigenvalue weighted by molar-refractivity contribution is 5.68. The fourth-order valence-corrected chi connectivity index (χ4v) is 1.98. The van der Waals surface area contributed by atoms with Crippen molar-refractivity contribution in [2.45, 2.75) is 19.1 Å². The van der Waals surface area contributed by atoms with Crippen molar-refractivity contribution >= 4 is 12.2 Å². The molecule has 2 N–H and O–H groups in total. The molecule has 1 fully saturated rings. The lowest BCUT2D eigenvalue weighted by atomic mass is 10.2. The van der Waals surface area contributed by atoms with Crippen molar-refractivity contribution in [1.29, 1.82) is 0 Å².